The van der Waals surface area contributed by atoms with E-state index < -0.39 is 10.0 Å². The molecule has 1 fully saturated rings. The fourth-order valence-corrected chi connectivity index (χ4v) is 2.64. The molecule has 0 bridgehead atoms. The van der Waals surface area contributed by atoms with Crippen molar-refractivity contribution in [3.63, 3.8) is 0 Å². The van der Waals surface area contributed by atoms with Crippen LogP contribution in [0.2, 0.25) is 0 Å². The first-order valence-electron chi connectivity index (χ1n) is 5.21. The summed E-state index contributed by atoms with van der Waals surface area (Å²) in [5.74, 6) is 0.733. The van der Waals surface area contributed by atoms with Gasteiger partial charge in [0.2, 0.25) is 10.0 Å². The lowest BCUT2D eigenvalue weighted by Crippen LogP contribution is -2.37. The lowest BCUT2D eigenvalue weighted by atomic mass is 9.98. The molecule has 0 aromatic heterocycles. The van der Waals surface area contributed by atoms with Crippen LogP contribution in [-0.2, 0) is 10.0 Å². The quantitative estimate of drug-likeness (QED) is 0.740. The van der Waals surface area contributed by atoms with Gasteiger partial charge in [-0.2, -0.15) is 0 Å². The van der Waals surface area contributed by atoms with Crippen molar-refractivity contribution in [1.82, 2.24) is 9.62 Å². The van der Waals surface area contributed by atoms with Gasteiger partial charge in [0, 0.05) is 13.6 Å². The molecular weight excluding hydrogens is 200 g/mol. The van der Waals surface area contributed by atoms with Crippen LogP contribution in [0.1, 0.15) is 19.8 Å². The third kappa shape index (κ3) is 3.22. The van der Waals surface area contributed by atoms with Gasteiger partial charge in [-0.1, -0.05) is 0 Å². The van der Waals surface area contributed by atoms with Crippen molar-refractivity contribution in [2.24, 2.45) is 5.92 Å². The van der Waals surface area contributed by atoms with Crippen LogP contribution in [0.4, 0.5) is 0 Å². The van der Waals surface area contributed by atoms with Crippen molar-refractivity contribution in [3.8, 4) is 0 Å². The predicted octanol–water partition coefficient (Wildman–Crippen LogP) is 0.267. The molecule has 0 radical (unpaired) electrons. The first-order valence-corrected chi connectivity index (χ1v) is 6.82. The summed E-state index contributed by atoms with van der Waals surface area (Å²) < 4.78 is 24.5. The second kappa shape index (κ2) is 5.09. The van der Waals surface area contributed by atoms with E-state index in [0.717, 1.165) is 25.9 Å². The van der Waals surface area contributed by atoms with E-state index in [1.54, 1.807) is 14.0 Å². The highest BCUT2D eigenvalue weighted by Gasteiger charge is 2.21. The zero-order chi connectivity index (χ0) is 10.6. The maximum Gasteiger partial charge on any atom is 0.213 e. The summed E-state index contributed by atoms with van der Waals surface area (Å²) in [7, 11) is -1.30. The Morgan fingerprint density at radius 2 is 1.93 bits per heavy atom. The molecule has 14 heavy (non-hydrogen) atoms. The summed E-state index contributed by atoms with van der Waals surface area (Å²) in [6.45, 7) is 4.40. The highest BCUT2D eigenvalue weighted by atomic mass is 32.2. The third-order valence-electron chi connectivity index (χ3n) is 2.81. The molecule has 1 rings (SSSR count). The first-order chi connectivity index (χ1) is 6.56. The van der Waals surface area contributed by atoms with E-state index in [1.165, 1.54) is 4.31 Å². The topological polar surface area (TPSA) is 49.4 Å². The van der Waals surface area contributed by atoms with Crippen molar-refractivity contribution in [2.45, 2.75) is 19.8 Å². The molecule has 1 aliphatic heterocycles. The van der Waals surface area contributed by atoms with Crippen LogP contribution in [0.5, 0.6) is 0 Å². The first kappa shape index (κ1) is 11.9. The minimum absolute atomic E-state index is 0.203. The van der Waals surface area contributed by atoms with E-state index in [0.29, 0.717) is 12.5 Å². The van der Waals surface area contributed by atoms with Gasteiger partial charge in [0.1, 0.15) is 0 Å². The number of rotatable bonds is 4. The van der Waals surface area contributed by atoms with Crippen molar-refractivity contribution in [3.05, 3.63) is 0 Å². The van der Waals surface area contributed by atoms with Gasteiger partial charge in [0.25, 0.3) is 0 Å². The molecule has 0 unspecified atom stereocenters. The Hall–Kier alpha value is -0.130. The summed E-state index contributed by atoms with van der Waals surface area (Å²) >= 11 is 0. The van der Waals surface area contributed by atoms with E-state index in [1.807, 2.05) is 0 Å². The van der Waals surface area contributed by atoms with E-state index in [4.69, 9.17) is 0 Å². The smallest absolute Gasteiger partial charge is 0.213 e. The van der Waals surface area contributed by atoms with E-state index in [2.05, 4.69) is 5.32 Å². The minimum Gasteiger partial charge on any atom is -0.317 e. The Bertz CT molecular complexity index is 258. The molecule has 0 atom stereocenters. The molecule has 0 aromatic carbocycles. The van der Waals surface area contributed by atoms with Gasteiger partial charge in [0.15, 0.2) is 0 Å². The molecule has 0 aliphatic carbocycles. The van der Waals surface area contributed by atoms with Crippen LogP contribution in [0, 0.1) is 5.92 Å². The van der Waals surface area contributed by atoms with Crippen LogP contribution in [0.3, 0.4) is 0 Å². The van der Waals surface area contributed by atoms with Crippen molar-refractivity contribution < 1.29 is 8.42 Å². The van der Waals surface area contributed by atoms with Crippen LogP contribution in [0.15, 0.2) is 0 Å². The van der Waals surface area contributed by atoms with E-state index in [-0.39, 0.29) is 5.75 Å². The Labute approximate surface area is 86.7 Å². The molecular formula is C9H20N2O2S. The highest BCUT2D eigenvalue weighted by molar-refractivity contribution is 7.89. The minimum atomic E-state index is -2.98. The van der Waals surface area contributed by atoms with Crippen molar-refractivity contribution >= 4 is 10.0 Å². The molecule has 1 saturated heterocycles. The molecule has 1 heterocycles. The summed E-state index contributed by atoms with van der Waals surface area (Å²) in [4.78, 5) is 0. The fourth-order valence-electron chi connectivity index (χ4n) is 1.76. The number of nitrogens with zero attached hydrogens (tertiary/aromatic N) is 1. The second-order valence-corrected chi connectivity index (χ2v) is 6.24. The molecule has 84 valence electrons. The Morgan fingerprint density at radius 3 is 2.43 bits per heavy atom. The predicted molar refractivity (Wildman–Crippen MR) is 57.7 cm³/mol. The second-order valence-electron chi connectivity index (χ2n) is 3.87. The molecule has 0 amide bonds. The lowest BCUT2D eigenvalue weighted by molar-refractivity contribution is 0.311. The molecule has 1 N–H and O–H groups in total. The Balaban J connectivity index is 2.43. The van der Waals surface area contributed by atoms with Crippen LogP contribution in [0.25, 0.3) is 0 Å². The molecule has 0 saturated carbocycles. The van der Waals surface area contributed by atoms with Gasteiger partial charge in [-0.05, 0) is 38.8 Å². The molecule has 4 nitrogen and oxygen atoms in total. The maximum atomic E-state index is 11.5. The zero-order valence-electron chi connectivity index (χ0n) is 8.99. The number of piperidine rings is 1. The zero-order valence-corrected chi connectivity index (χ0v) is 9.81. The fraction of sp³-hybridized carbons (Fsp3) is 1.00. The molecule has 5 heteroatoms. The summed E-state index contributed by atoms with van der Waals surface area (Å²) in [5, 5.41) is 3.27. The Kier molecular flexibility index (Phi) is 4.34. The van der Waals surface area contributed by atoms with Crippen LogP contribution in [-0.4, -0.2) is 45.2 Å². The van der Waals surface area contributed by atoms with Gasteiger partial charge >= 0.3 is 0 Å². The van der Waals surface area contributed by atoms with Crippen LogP contribution >= 0.6 is 0 Å². The maximum absolute atomic E-state index is 11.5. The average molecular weight is 220 g/mol. The van der Waals surface area contributed by atoms with Gasteiger partial charge in [0.05, 0.1) is 5.75 Å². The number of nitrogens with one attached hydrogen (secondary N) is 1. The van der Waals surface area contributed by atoms with Gasteiger partial charge in [-0.15, -0.1) is 0 Å². The van der Waals surface area contributed by atoms with Crippen LogP contribution < -0.4 is 5.32 Å². The highest BCUT2D eigenvalue weighted by Crippen LogP contribution is 2.14. The summed E-state index contributed by atoms with van der Waals surface area (Å²) in [5.41, 5.74) is 0. The van der Waals surface area contributed by atoms with E-state index >= 15 is 0 Å². The van der Waals surface area contributed by atoms with Gasteiger partial charge in [-0.3, -0.25) is 0 Å². The molecule has 0 spiro atoms. The lowest BCUT2D eigenvalue weighted by Gasteiger charge is -2.26. The third-order valence-corrected chi connectivity index (χ3v) is 4.64. The standard InChI is InChI=1S/C9H20N2O2S/c1-3-14(12,13)11(2)8-9-4-6-10-7-5-9/h9-10H,3-8H2,1-2H3. The van der Waals surface area contributed by atoms with Gasteiger partial charge < -0.3 is 5.32 Å². The molecule has 1 aliphatic rings. The summed E-state index contributed by atoms with van der Waals surface area (Å²) in [6.07, 6.45) is 2.17. The van der Waals surface area contributed by atoms with E-state index in [9.17, 15) is 8.42 Å². The normalized spacial score (nSPS) is 20.2. The monoisotopic (exact) mass is 220 g/mol. The number of hydrogen-bond donors (Lipinski definition) is 1. The largest absolute Gasteiger partial charge is 0.317 e. The molecule has 0 aromatic rings. The Morgan fingerprint density at radius 1 is 1.36 bits per heavy atom. The average Bonchev–Trinajstić information content (AvgIpc) is 2.19. The van der Waals surface area contributed by atoms with Gasteiger partial charge in [-0.25, -0.2) is 12.7 Å². The number of hydrogen-bond acceptors (Lipinski definition) is 3. The SMILES string of the molecule is CCS(=O)(=O)N(C)CC1CCNCC1. The summed E-state index contributed by atoms with van der Waals surface area (Å²) in [6, 6.07) is 0. The number of sulfonamides is 1. The van der Waals surface area contributed by atoms with Crippen molar-refractivity contribution in [1.29, 1.82) is 0 Å². The van der Waals surface area contributed by atoms with Crippen molar-refractivity contribution in [2.75, 3.05) is 32.4 Å².